The van der Waals surface area contributed by atoms with Crippen molar-refractivity contribution >= 4 is 32.9 Å². The van der Waals surface area contributed by atoms with Crippen molar-refractivity contribution in [2.45, 2.75) is 26.3 Å². The number of aromatic hydroxyl groups is 1. The number of fused-ring (bicyclic) bond motifs is 1. The molecule has 0 unspecified atom stereocenters. The van der Waals surface area contributed by atoms with Gasteiger partial charge in [-0.2, -0.15) is 0 Å². The van der Waals surface area contributed by atoms with Crippen LogP contribution in [0.2, 0.25) is 0 Å². The molecular formula is C29H28F2N2O3S. The molecule has 0 bridgehead atoms. The van der Waals surface area contributed by atoms with Gasteiger partial charge < -0.3 is 15.2 Å². The summed E-state index contributed by atoms with van der Waals surface area (Å²) < 4.78 is 33.2. The molecule has 1 fully saturated rings. The van der Waals surface area contributed by atoms with Crippen LogP contribution in [0.15, 0.2) is 54.6 Å². The summed E-state index contributed by atoms with van der Waals surface area (Å²) in [4.78, 5) is 16.3. The number of hydrogen-bond donors (Lipinski definition) is 2. The molecule has 2 heterocycles. The number of carbonyl (C=O) groups excluding carboxylic acids is 1. The van der Waals surface area contributed by atoms with Gasteiger partial charge in [0.25, 0.3) is 0 Å². The second-order valence-electron chi connectivity index (χ2n) is 9.45. The van der Waals surface area contributed by atoms with E-state index in [2.05, 4.69) is 10.2 Å². The van der Waals surface area contributed by atoms with Crippen LogP contribution in [-0.2, 0) is 0 Å². The first-order valence-corrected chi connectivity index (χ1v) is 13.0. The molecule has 2 N–H and O–H groups in total. The van der Waals surface area contributed by atoms with Crippen LogP contribution in [0.1, 0.15) is 32.8 Å². The predicted octanol–water partition coefficient (Wildman–Crippen LogP) is 6.84. The molecule has 1 aliphatic heterocycles. The second kappa shape index (κ2) is 10.5. The number of carbonyl (C=O) groups is 1. The molecule has 1 saturated heterocycles. The van der Waals surface area contributed by atoms with Crippen LogP contribution in [0.3, 0.4) is 0 Å². The number of phenols is 1. The third-order valence-corrected chi connectivity index (χ3v) is 7.70. The Morgan fingerprint density at radius 2 is 1.81 bits per heavy atom. The lowest BCUT2D eigenvalue weighted by Crippen LogP contribution is -2.54. The van der Waals surface area contributed by atoms with Crippen molar-refractivity contribution in [1.29, 1.82) is 0 Å². The normalized spacial score (nSPS) is 14.1. The molecule has 1 aliphatic rings. The van der Waals surface area contributed by atoms with E-state index in [4.69, 9.17) is 4.74 Å². The van der Waals surface area contributed by atoms with Gasteiger partial charge in [-0.25, -0.2) is 4.39 Å². The van der Waals surface area contributed by atoms with Gasteiger partial charge in [0.15, 0.2) is 5.75 Å². The van der Waals surface area contributed by atoms with Gasteiger partial charge >= 0.3 is 0 Å². The molecule has 0 amide bonds. The quantitative estimate of drug-likeness (QED) is 0.236. The van der Waals surface area contributed by atoms with Crippen LogP contribution in [-0.4, -0.2) is 48.1 Å². The molecule has 192 valence electrons. The van der Waals surface area contributed by atoms with Crippen LogP contribution in [0.25, 0.3) is 10.1 Å². The average Bonchev–Trinajstić information content (AvgIpc) is 3.18. The van der Waals surface area contributed by atoms with Crippen LogP contribution < -0.4 is 10.1 Å². The maximum atomic E-state index is 13.9. The SMILES string of the molecule is Cc1cc(F)cc(C)c1C(=O)c1sc2cc(O)ccc2c1Oc1ccc(NC2CN(CCCF)C2)cc1. The highest BCUT2D eigenvalue weighted by Crippen LogP contribution is 2.43. The summed E-state index contributed by atoms with van der Waals surface area (Å²) in [7, 11) is 0. The number of phenolic OH excluding ortho intramolecular Hbond substituents is 1. The number of hydrogen-bond acceptors (Lipinski definition) is 6. The van der Waals surface area contributed by atoms with E-state index in [1.807, 2.05) is 24.3 Å². The summed E-state index contributed by atoms with van der Waals surface area (Å²) in [5.74, 6) is 0.455. The number of nitrogens with one attached hydrogen (secondary N) is 1. The van der Waals surface area contributed by atoms with Crippen molar-refractivity contribution in [3.8, 4) is 17.2 Å². The summed E-state index contributed by atoms with van der Waals surface area (Å²) in [6.45, 7) is 5.71. The number of ketones is 1. The number of anilines is 1. The van der Waals surface area contributed by atoms with Gasteiger partial charge in [-0.1, -0.05) is 0 Å². The number of nitrogens with zero attached hydrogens (tertiary/aromatic N) is 1. The standard InChI is InChI=1S/C29H28F2N2O3S/c1-17-12-19(31)13-18(2)26(17)27(35)29-28(24-9-6-22(34)14-25(24)37-29)36-23-7-4-20(5-8-23)32-21-15-33(16-21)11-3-10-30/h4-9,12-14,21,32,34H,3,10-11,15-16H2,1-2H3. The summed E-state index contributed by atoms with van der Waals surface area (Å²) in [5.41, 5.74) is 2.52. The fourth-order valence-electron chi connectivity index (χ4n) is 4.79. The Hall–Kier alpha value is -3.49. The van der Waals surface area contributed by atoms with E-state index in [1.165, 1.54) is 23.5 Å². The highest BCUT2D eigenvalue weighted by molar-refractivity contribution is 7.21. The van der Waals surface area contributed by atoms with Crippen LogP contribution in [0, 0.1) is 19.7 Å². The van der Waals surface area contributed by atoms with E-state index in [0.717, 1.165) is 30.0 Å². The minimum absolute atomic E-state index is 0.100. The van der Waals surface area contributed by atoms with E-state index in [0.29, 0.717) is 50.9 Å². The number of alkyl halides is 1. The number of ether oxygens (including phenoxy) is 1. The Kier molecular flexibility index (Phi) is 7.13. The fraction of sp³-hybridized carbons (Fsp3) is 0.276. The lowest BCUT2D eigenvalue weighted by atomic mass is 9.97. The minimum atomic E-state index is -0.382. The second-order valence-corrected chi connectivity index (χ2v) is 10.5. The van der Waals surface area contributed by atoms with Gasteiger partial charge in [0.2, 0.25) is 5.78 Å². The van der Waals surface area contributed by atoms with E-state index in [-0.39, 0.29) is 24.0 Å². The summed E-state index contributed by atoms with van der Waals surface area (Å²) >= 11 is 1.24. The van der Waals surface area contributed by atoms with Gasteiger partial charge in [0.1, 0.15) is 22.2 Å². The van der Waals surface area contributed by atoms with Crippen LogP contribution in [0.5, 0.6) is 17.2 Å². The van der Waals surface area contributed by atoms with E-state index in [1.54, 1.807) is 32.0 Å². The molecule has 0 saturated carbocycles. The van der Waals surface area contributed by atoms with Crippen molar-refractivity contribution in [3.05, 3.63) is 82.0 Å². The third kappa shape index (κ3) is 5.31. The molecule has 0 atom stereocenters. The van der Waals surface area contributed by atoms with Crippen LogP contribution >= 0.6 is 11.3 Å². The van der Waals surface area contributed by atoms with Gasteiger partial charge in [-0.05, 0) is 86.0 Å². The Morgan fingerprint density at radius 3 is 2.49 bits per heavy atom. The lowest BCUT2D eigenvalue weighted by molar-refractivity contribution is 0.103. The zero-order valence-corrected chi connectivity index (χ0v) is 21.5. The van der Waals surface area contributed by atoms with Gasteiger partial charge in [-0.15, -0.1) is 11.3 Å². The fourth-order valence-corrected chi connectivity index (χ4v) is 5.90. The third-order valence-electron chi connectivity index (χ3n) is 6.57. The first-order chi connectivity index (χ1) is 17.8. The maximum absolute atomic E-state index is 13.9. The van der Waals surface area contributed by atoms with E-state index < -0.39 is 0 Å². The average molecular weight is 523 g/mol. The highest BCUT2D eigenvalue weighted by Gasteiger charge is 2.27. The molecular weight excluding hydrogens is 494 g/mol. The zero-order valence-electron chi connectivity index (χ0n) is 20.7. The molecule has 5 nitrogen and oxygen atoms in total. The number of thiophene rings is 1. The lowest BCUT2D eigenvalue weighted by Gasteiger charge is -2.40. The summed E-state index contributed by atoms with van der Waals surface area (Å²) in [6.07, 6.45) is 0.570. The Labute approximate surface area is 218 Å². The van der Waals surface area contributed by atoms with E-state index >= 15 is 0 Å². The first-order valence-electron chi connectivity index (χ1n) is 12.2. The Balaban J connectivity index is 1.39. The summed E-state index contributed by atoms with van der Waals surface area (Å²) in [5, 5.41) is 14.2. The molecule has 3 aromatic carbocycles. The van der Waals surface area contributed by atoms with Crippen LogP contribution in [0.4, 0.5) is 14.5 Å². The number of halogens is 2. The predicted molar refractivity (Wildman–Crippen MR) is 144 cm³/mol. The molecule has 0 radical (unpaired) electrons. The van der Waals surface area contributed by atoms with Crippen molar-refractivity contribution in [2.75, 3.05) is 31.6 Å². The molecule has 5 rings (SSSR count). The maximum Gasteiger partial charge on any atom is 0.207 e. The first kappa shape index (κ1) is 25.2. The smallest absolute Gasteiger partial charge is 0.207 e. The summed E-state index contributed by atoms with van der Waals surface area (Å²) in [6, 6.07) is 15.5. The molecule has 37 heavy (non-hydrogen) atoms. The van der Waals surface area contributed by atoms with E-state index in [9.17, 15) is 18.7 Å². The van der Waals surface area contributed by atoms with Gasteiger partial charge in [-0.3, -0.25) is 14.1 Å². The zero-order chi connectivity index (χ0) is 26.1. The minimum Gasteiger partial charge on any atom is -0.508 e. The number of likely N-dealkylation sites (tertiary alicyclic amines) is 1. The number of aryl methyl sites for hydroxylation is 2. The van der Waals surface area contributed by atoms with Crippen molar-refractivity contribution in [2.24, 2.45) is 0 Å². The molecule has 4 aromatic rings. The molecule has 8 heteroatoms. The highest BCUT2D eigenvalue weighted by atomic mass is 32.1. The molecule has 0 spiro atoms. The Bertz CT molecular complexity index is 1420. The van der Waals surface area contributed by atoms with Gasteiger partial charge in [0, 0.05) is 41.0 Å². The number of benzene rings is 3. The topological polar surface area (TPSA) is 61.8 Å². The number of rotatable bonds is 9. The monoisotopic (exact) mass is 522 g/mol. The van der Waals surface area contributed by atoms with Gasteiger partial charge in [0.05, 0.1) is 12.7 Å². The molecule has 0 aliphatic carbocycles. The van der Waals surface area contributed by atoms with Crippen molar-refractivity contribution in [3.63, 3.8) is 0 Å². The largest absolute Gasteiger partial charge is 0.508 e. The molecule has 1 aromatic heterocycles. The van der Waals surface area contributed by atoms with Crippen molar-refractivity contribution < 1.29 is 23.4 Å². The van der Waals surface area contributed by atoms with Crippen molar-refractivity contribution in [1.82, 2.24) is 4.90 Å². The Morgan fingerprint density at radius 1 is 1.11 bits per heavy atom.